The van der Waals surface area contributed by atoms with E-state index in [1.54, 1.807) is 0 Å². The van der Waals surface area contributed by atoms with Gasteiger partial charge in [-0.2, -0.15) is 5.10 Å². The number of nitrogens with two attached hydrogens (primary N) is 1. The van der Waals surface area contributed by atoms with Gasteiger partial charge in [0.15, 0.2) is 5.65 Å². The average Bonchev–Trinajstić information content (AvgIpc) is 3.39. The molecule has 0 unspecified atom stereocenters. The first-order valence-electron chi connectivity index (χ1n) is 10.8. The molecule has 0 radical (unpaired) electrons. The molecule has 1 aromatic carbocycles. The van der Waals surface area contributed by atoms with Gasteiger partial charge in [-0.15, -0.1) is 0 Å². The van der Waals surface area contributed by atoms with Gasteiger partial charge >= 0.3 is 0 Å². The fraction of sp³-hybridized carbons (Fsp3) is 0.435. The molecule has 4 heterocycles. The molecule has 156 valence electrons. The van der Waals surface area contributed by atoms with E-state index in [0.29, 0.717) is 0 Å². The molecule has 2 aromatic heterocycles. The Morgan fingerprint density at radius 2 is 1.97 bits per heavy atom. The first-order chi connectivity index (χ1) is 14.6. The summed E-state index contributed by atoms with van der Waals surface area (Å²) in [5, 5.41) is 4.82. The van der Waals surface area contributed by atoms with E-state index in [-0.39, 0.29) is 18.0 Å². The quantitative estimate of drug-likeness (QED) is 0.726. The lowest BCUT2D eigenvalue weighted by Crippen LogP contribution is -2.38. The third kappa shape index (κ3) is 3.43. The van der Waals surface area contributed by atoms with Crippen molar-refractivity contribution in [1.82, 2.24) is 19.5 Å². The van der Waals surface area contributed by atoms with E-state index in [1.807, 2.05) is 52.0 Å². The number of piperidine rings is 1. The van der Waals surface area contributed by atoms with E-state index >= 15 is 0 Å². The maximum Gasteiger partial charge on any atom is 0.254 e. The molecule has 5 rings (SSSR count). The molecule has 2 fully saturated rings. The van der Waals surface area contributed by atoms with Gasteiger partial charge in [-0.05, 0) is 44.7 Å². The number of likely N-dealkylation sites (tertiary alicyclic amines) is 1. The number of hydrogen-bond donors (Lipinski definition) is 1. The molecule has 0 spiro atoms. The first-order valence-corrected chi connectivity index (χ1v) is 10.8. The van der Waals surface area contributed by atoms with Crippen molar-refractivity contribution in [1.29, 1.82) is 0 Å². The van der Waals surface area contributed by atoms with E-state index in [9.17, 15) is 4.79 Å². The Morgan fingerprint density at radius 1 is 1.13 bits per heavy atom. The summed E-state index contributed by atoms with van der Waals surface area (Å²) in [5.41, 5.74) is 9.66. The molecule has 2 saturated heterocycles. The molecule has 30 heavy (non-hydrogen) atoms. The number of amides is 1. The Morgan fingerprint density at radius 3 is 2.73 bits per heavy atom. The lowest BCUT2D eigenvalue weighted by atomic mass is 9.98. The van der Waals surface area contributed by atoms with Crippen molar-refractivity contribution in [2.45, 2.75) is 44.7 Å². The summed E-state index contributed by atoms with van der Waals surface area (Å²) in [6.07, 6.45) is 6.08. The summed E-state index contributed by atoms with van der Waals surface area (Å²) in [6, 6.07) is 11.8. The summed E-state index contributed by atoms with van der Waals surface area (Å²) in [5.74, 6) is 1.07. The Bertz CT molecular complexity index is 1060. The van der Waals surface area contributed by atoms with Crippen LogP contribution in [0.2, 0.25) is 0 Å². The van der Waals surface area contributed by atoms with Crippen LogP contribution in [-0.4, -0.2) is 51.1 Å². The topological polar surface area (TPSA) is 79.8 Å². The Balaban J connectivity index is 1.47. The van der Waals surface area contributed by atoms with Crippen molar-refractivity contribution in [2.24, 2.45) is 5.73 Å². The second-order valence-electron chi connectivity index (χ2n) is 8.49. The number of rotatable bonds is 3. The number of anilines is 1. The molecule has 2 aliphatic heterocycles. The summed E-state index contributed by atoms with van der Waals surface area (Å²) < 4.78 is 1.85. The molecule has 0 aliphatic carbocycles. The number of carbonyl (C=O) groups is 1. The van der Waals surface area contributed by atoms with Crippen LogP contribution in [0.5, 0.6) is 0 Å². The van der Waals surface area contributed by atoms with Crippen LogP contribution < -0.4 is 10.6 Å². The molecule has 2 aliphatic rings. The molecule has 2 atom stereocenters. The molecule has 7 heteroatoms. The number of nitrogens with zero attached hydrogens (tertiary/aromatic N) is 5. The summed E-state index contributed by atoms with van der Waals surface area (Å²) in [4.78, 5) is 22.3. The van der Waals surface area contributed by atoms with Crippen LogP contribution in [0.4, 0.5) is 5.82 Å². The molecule has 1 amide bonds. The summed E-state index contributed by atoms with van der Waals surface area (Å²) in [7, 11) is 0. The molecular formula is C23H28N6O. The lowest BCUT2D eigenvalue weighted by Gasteiger charge is -2.34. The van der Waals surface area contributed by atoms with Gasteiger partial charge < -0.3 is 15.5 Å². The predicted molar refractivity (Wildman–Crippen MR) is 117 cm³/mol. The molecule has 2 N–H and O–H groups in total. The van der Waals surface area contributed by atoms with E-state index in [2.05, 4.69) is 11.8 Å². The van der Waals surface area contributed by atoms with Gasteiger partial charge in [-0.1, -0.05) is 18.2 Å². The van der Waals surface area contributed by atoms with Crippen molar-refractivity contribution in [3.8, 4) is 0 Å². The number of aryl methyl sites for hydroxylation is 1. The van der Waals surface area contributed by atoms with Crippen molar-refractivity contribution < 1.29 is 4.79 Å². The number of benzene rings is 1. The third-order valence-corrected chi connectivity index (χ3v) is 6.27. The Kier molecular flexibility index (Phi) is 4.90. The lowest BCUT2D eigenvalue weighted by molar-refractivity contribution is 0.0605. The van der Waals surface area contributed by atoms with Gasteiger partial charge in [-0.25, -0.2) is 9.50 Å². The normalized spacial score (nSPS) is 22.1. The van der Waals surface area contributed by atoms with Crippen molar-refractivity contribution in [3.05, 3.63) is 59.4 Å². The summed E-state index contributed by atoms with van der Waals surface area (Å²) in [6.45, 7) is 4.61. The van der Waals surface area contributed by atoms with Crippen molar-refractivity contribution in [3.63, 3.8) is 0 Å². The average molecular weight is 405 g/mol. The van der Waals surface area contributed by atoms with Crippen molar-refractivity contribution in [2.75, 3.05) is 24.5 Å². The Labute approximate surface area is 176 Å². The highest BCUT2D eigenvalue weighted by Gasteiger charge is 2.31. The maximum atomic E-state index is 13.2. The van der Waals surface area contributed by atoms with E-state index in [1.165, 1.54) is 0 Å². The predicted octanol–water partition coefficient (Wildman–Crippen LogP) is 2.94. The highest BCUT2D eigenvalue weighted by molar-refractivity contribution is 5.94. The van der Waals surface area contributed by atoms with Gasteiger partial charge in [0, 0.05) is 49.1 Å². The minimum Gasteiger partial charge on any atom is -0.355 e. The van der Waals surface area contributed by atoms with Crippen molar-refractivity contribution >= 4 is 17.4 Å². The van der Waals surface area contributed by atoms with E-state index in [4.69, 9.17) is 15.8 Å². The monoisotopic (exact) mass is 404 g/mol. The SMILES string of the molecule is Cc1cn2nc([C@@H]3CCCCN3C(=O)c3ccccc3)cc2nc1N1CC[C@H](N)C1. The highest BCUT2D eigenvalue weighted by atomic mass is 16.2. The van der Waals surface area contributed by atoms with Crippen LogP contribution in [0.3, 0.4) is 0 Å². The molecular weight excluding hydrogens is 376 g/mol. The minimum atomic E-state index is -0.0166. The van der Waals surface area contributed by atoms with Crippen LogP contribution >= 0.6 is 0 Å². The fourth-order valence-electron chi connectivity index (χ4n) is 4.71. The molecule has 3 aromatic rings. The van der Waals surface area contributed by atoms with E-state index in [0.717, 1.165) is 73.6 Å². The van der Waals surface area contributed by atoms with Crippen LogP contribution in [0.1, 0.15) is 53.3 Å². The maximum absolute atomic E-state index is 13.2. The zero-order valence-electron chi connectivity index (χ0n) is 17.4. The van der Waals surface area contributed by atoms with Gasteiger partial charge in [0.1, 0.15) is 5.82 Å². The van der Waals surface area contributed by atoms with E-state index < -0.39 is 0 Å². The fourth-order valence-corrected chi connectivity index (χ4v) is 4.71. The minimum absolute atomic E-state index is 0.0166. The standard InChI is InChI=1S/C23H28N6O/c1-16-14-29-21(25-22(16)27-12-10-18(24)15-27)13-19(26-29)20-9-5-6-11-28(20)23(30)17-7-3-2-4-8-17/h2-4,7-8,13-14,18,20H,5-6,9-12,15,24H2,1H3/t18-,20-/m0/s1. The largest absolute Gasteiger partial charge is 0.355 e. The number of hydrogen-bond acceptors (Lipinski definition) is 5. The van der Waals surface area contributed by atoms with Crippen LogP contribution in [0, 0.1) is 6.92 Å². The number of fused-ring (bicyclic) bond motifs is 1. The van der Waals surface area contributed by atoms with Crippen LogP contribution in [-0.2, 0) is 0 Å². The van der Waals surface area contributed by atoms with Crippen LogP contribution in [0.25, 0.3) is 5.65 Å². The highest BCUT2D eigenvalue weighted by Crippen LogP contribution is 2.32. The molecule has 7 nitrogen and oxygen atoms in total. The van der Waals surface area contributed by atoms with Gasteiger partial charge in [0.05, 0.1) is 11.7 Å². The zero-order valence-corrected chi connectivity index (χ0v) is 17.4. The number of aromatic nitrogens is 3. The Hall–Kier alpha value is -2.93. The second-order valence-corrected chi connectivity index (χ2v) is 8.49. The van der Waals surface area contributed by atoms with Gasteiger partial charge in [-0.3, -0.25) is 4.79 Å². The smallest absolute Gasteiger partial charge is 0.254 e. The first kappa shape index (κ1) is 19.1. The third-order valence-electron chi connectivity index (χ3n) is 6.27. The van der Waals surface area contributed by atoms with Crippen LogP contribution in [0.15, 0.2) is 42.6 Å². The van der Waals surface area contributed by atoms with Gasteiger partial charge in [0.25, 0.3) is 5.91 Å². The second kappa shape index (κ2) is 7.72. The molecule has 0 bridgehead atoms. The zero-order chi connectivity index (χ0) is 20.7. The summed E-state index contributed by atoms with van der Waals surface area (Å²) >= 11 is 0. The number of carbonyl (C=O) groups excluding carboxylic acids is 1. The molecule has 0 saturated carbocycles. The van der Waals surface area contributed by atoms with Gasteiger partial charge in [0.2, 0.25) is 0 Å².